The van der Waals surface area contributed by atoms with Crippen molar-refractivity contribution in [3.8, 4) is 11.5 Å². The Bertz CT molecular complexity index is 949. The van der Waals surface area contributed by atoms with Gasteiger partial charge in [0.2, 0.25) is 22.7 Å². The van der Waals surface area contributed by atoms with Crippen LogP contribution in [0.1, 0.15) is 24.9 Å². The summed E-state index contributed by atoms with van der Waals surface area (Å²) in [6, 6.07) is 11.7. The van der Waals surface area contributed by atoms with Crippen LogP contribution in [0.2, 0.25) is 0 Å². The molecule has 144 valence electrons. The van der Waals surface area contributed by atoms with Crippen LogP contribution in [-0.2, 0) is 14.8 Å². The van der Waals surface area contributed by atoms with E-state index in [1.165, 1.54) is 6.07 Å². The maximum absolute atomic E-state index is 12.3. The van der Waals surface area contributed by atoms with Crippen molar-refractivity contribution in [2.24, 2.45) is 0 Å². The third-order valence-electron chi connectivity index (χ3n) is 4.04. The quantitative estimate of drug-likeness (QED) is 0.670. The molecule has 1 atom stereocenters. The van der Waals surface area contributed by atoms with Crippen LogP contribution in [0.5, 0.6) is 11.5 Å². The van der Waals surface area contributed by atoms with Gasteiger partial charge in [-0.3, -0.25) is 4.79 Å². The summed E-state index contributed by atoms with van der Waals surface area (Å²) < 4.78 is 38.1. The number of rotatable bonds is 7. The van der Waals surface area contributed by atoms with E-state index in [0.717, 1.165) is 5.56 Å². The summed E-state index contributed by atoms with van der Waals surface area (Å²) >= 11 is 3.22. The van der Waals surface area contributed by atoms with Gasteiger partial charge >= 0.3 is 0 Å². The third kappa shape index (κ3) is 4.79. The minimum absolute atomic E-state index is 0.00333. The number of hydrogen-bond acceptors (Lipinski definition) is 5. The van der Waals surface area contributed by atoms with Gasteiger partial charge in [0.1, 0.15) is 0 Å². The molecule has 1 amide bonds. The second-order valence-electron chi connectivity index (χ2n) is 5.98. The zero-order valence-electron chi connectivity index (χ0n) is 14.6. The van der Waals surface area contributed by atoms with Crippen molar-refractivity contribution in [2.75, 3.05) is 13.3 Å². The highest BCUT2D eigenvalue weighted by Gasteiger charge is 2.19. The number of ether oxygens (including phenoxy) is 2. The van der Waals surface area contributed by atoms with Gasteiger partial charge in [-0.25, -0.2) is 13.1 Å². The highest BCUT2D eigenvalue weighted by Crippen LogP contribution is 2.34. The van der Waals surface area contributed by atoms with Crippen molar-refractivity contribution >= 4 is 31.9 Å². The molecule has 0 saturated carbocycles. The van der Waals surface area contributed by atoms with Crippen molar-refractivity contribution in [1.82, 2.24) is 10.0 Å². The number of benzene rings is 2. The minimum Gasteiger partial charge on any atom is -0.454 e. The molecular formula is C18H19BrN2O5S. The fraction of sp³-hybridized carbons (Fsp3) is 0.278. The van der Waals surface area contributed by atoms with Gasteiger partial charge in [-0.05, 0) is 52.7 Å². The molecule has 1 heterocycles. The summed E-state index contributed by atoms with van der Waals surface area (Å²) in [5.74, 6) is 1.07. The Labute approximate surface area is 166 Å². The summed E-state index contributed by atoms with van der Waals surface area (Å²) in [7, 11) is -3.68. The lowest BCUT2D eigenvalue weighted by Crippen LogP contribution is -2.32. The van der Waals surface area contributed by atoms with E-state index in [-0.39, 0.29) is 36.6 Å². The SMILES string of the molecule is CC(NC(=O)CCNS(=O)(=O)c1ccccc1Br)c1ccc2c(c1)OCO2. The normalized spacial score (nSPS) is 14.0. The monoisotopic (exact) mass is 454 g/mol. The maximum Gasteiger partial charge on any atom is 0.241 e. The van der Waals surface area contributed by atoms with Crippen LogP contribution in [0.25, 0.3) is 0 Å². The average molecular weight is 455 g/mol. The van der Waals surface area contributed by atoms with Crippen LogP contribution in [0.4, 0.5) is 0 Å². The first-order chi connectivity index (χ1) is 12.9. The summed E-state index contributed by atoms with van der Waals surface area (Å²) in [4.78, 5) is 12.3. The lowest BCUT2D eigenvalue weighted by molar-refractivity contribution is -0.121. The summed E-state index contributed by atoms with van der Waals surface area (Å²) in [6.45, 7) is 2.04. The van der Waals surface area contributed by atoms with Crippen molar-refractivity contribution in [2.45, 2.75) is 24.3 Å². The fourth-order valence-electron chi connectivity index (χ4n) is 2.62. The molecule has 0 bridgehead atoms. The Kier molecular flexibility index (Phi) is 6.03. The molecule has 9 heteroatoms. The van der Waals surface area contributed by atoms with Crippen LogP contribution < -0.4 is 19.5 Å². The van der Waals surface area contributed by atoms with Crippen LogP contribution in [0.3, 0.4) is 0 Å². The number of carbonyl (C=O) groups is 1. The fourth-order valence-corrected chi connectivity index (χ4v) is 4.65. The van der Waals surface area contributed by atoms with Crippen molar-refractivity contribution in [3.05, 3.63) is 52.5 Å². The predicted octanol–water partition coefficient (Wildman–Crippen LogP) is 2.72. The first-order valence-electron chi connectivity index (χ1n) is 8.30. The molecule has 1 aliphatic heterocycles. The van der Waals surface area contributed by atoms with Gasteiger partial charge in [0.05, 0.1) is 10.9 Å². The van der Waals surface area contributed by atoms with Gasteiger partial charge in [0, 0.05) is 17.4 Å². The number of carbonyl (C=O) groups excluding carboxylic acids is 1. The smallest absolute Gasteiger partial charge is 0.241 e. The molecule has 27 heavy (non-hydrogen) atoms. The number of amides is 1. The van der Waals surface area contributed by atoms with Crippen LogP contribution in [0, 0.1) is 0 Å². The predicted molar refractivity (Wildman–Crippen MR) is 103 cm³/mol. The molecule has 0 aliphatic carbocycles. The van der Waals surface area contributed by atoms with Gasteiger partial charge in [0.15, 0.2) is 11.5 Å². The van der Waals surface area contributed by atoms with E-state index in [2.05, 4.69) is 26.0 Å². The van der Waals surface area contributed by atoms with E-state index in [1.807, 2.05) is 19.1 Å². The molecule has 2 aromatic carbocycles. The second-order valence-corrected chi connectivity index (χ2v) is 8.57. The average Bonchev–Trinajstić information content (AvgIpc) is 3.09. The molecule has 1 aliphatic rings. The van der Waals surface area contributed by atoms with Crippen molar-refractivity contribution < 1.29 is 22.7 Å². The molecule has 2 aromatic rings. The van der Waals surface area contributed by atoms with E-state index >= 15 is 0 Å². The lowest BCUT2D eigenvalue weighted by atomic mass is 10.1. The molecular weight excluding hydrogens is 436 g/mol. The molecule has 7 nitrogen and oxygen atoms in total. The number of sulfonamides is 1. The Morgan fingerprint density at radius 3 is 2.70 bits per heavy atom. The Balaban J connectivity index is 1.52. The summed E-state index contributed by atoms with van der Waals surface area (Å²) in [5.41, 5.74) is 0.876. The molecule has 2 N–H and O–H groups in total. The zero-order chi connectivity index (χ0) is 19.4. The van der Waals surface area contributed by atoms with Gasteiger partial charge in [-0.15, -0.1) is 0 Å². The highest BCUT2D eigenvalue weighted by atomic mass is 79.9. The Morgan fingerprint density at radius 1 is 1.19 bits per heavy atom. The molecule has 3 rings (SSSR count). The van der Waals surface area contributed by atoms with Gasteiger partial charge in [-0.1, -0.05) is 18.2 Å². The number of fused-ring (bicyclic) bond motifs is 1. The van der Waals surface area contributed by atoms with E-state index in [0.29, 0.717) is 16.0 Å². The van der Waals surface area contributed by atoms with Gasteiger partial charge in [-0.2, -0.15) is 0 Å². The zero-order valence-corrected chi connectivity index (χ0v) is 17.0. The van der Waals surface area contributed by atoms with E-state index < -0.39 is 10.0 Å². The topological polar surface area (TPSA) is 93.7 Å². The van der Waals surface area contributed by atoms with Crippen molar-refractivity contribution in [1.29, 1.82) is 0 Å². The first-order valence-corrected chi connectivity index (χ1v) is 10.6. The highest BCUT2D eigenvalue weighted by molar-refractivity contribution is 9.10. The van der Waals surface area contributed by atoms with Crippen molar-refractivity contribution in [3.63, 3.8) is 0 Å². The largest absolute Gasteiger partial charge is 0.454 e. The van der Waals surface area contributed by atoms with Crippen LogP contribution >= 0.6 is 15.9 Å². The lowest BCUT2D eigenvalue weighted by Gasteiger charge is -2.15. The molecule has 1 unspecified atom stereocenters. The standard InChI is InChI=1S/C18H19BrN2O5S/c1-12(13-6-7-15-16(10-13)26-11-25-15)21-18(22)8-9-20-27(23,24)17-5-3-2-4-14(17)19/h2-7,10,12,20H,8-9,11H2,1H3,(H,21,22). The summed E-state index contributed by atoms with van der Waals surface area (Å²) in [6.07, 6.45) is 0.0264. The Morgan fingerprint density at radius 2 is 1.93 bits per heavy atom. The van der Waals surface area contributed by atoms with Gasteiger partial charge < -0.3 is 14.8 Å². The molecule has 0 saturated heterocycles. The van der Waals surface area contributed by atoms with E-state index in [4.69, 9.17) is 9.47 Å². The molecule has 0 spiro atoms. The molecule has 0 aromatic heterocycles. The van der Waals surface area contributed by atoms with Crippen LogP contribution in [-0.4, -0.2) is 27.7 Å². The minimum atomic E-state index is -3.68. The number of halogens is 1. The molecule has 0 radical (unpaired) electrons. The molecule has 0 fully saturated rings. The number of nitrogens with one attached hydrogen (secondary N) is 2. The first kappa shape index (κ1) is 19.7. The van der Waals surface area contributed by atoms with E-state index in [9.17, 15) is 13.2 Å². The summed E-state index contributed by atoms with van der Waals surface area (Å²) in [5, 5.41) is 2.85. The van der Waals surface area contributed by atoms with Crippen LogP contribution in [0.15, 0.2) is 51.8 Å². The van der Waals surface area contributed by atoms with Gasteiger partial charge in [0.25, 0.3) is 0 Å². The maximum atomic E-state index is 12.3. The van der Waals surface area contributed by atoms with E-state index in [1.54, 1.807) is 24.3 Å². The Hall–Kier alpha value is -2.10. The third-order valence-corrected chi connectivity index (χ3v) is 6.52. The second kappa shape index (κ2) is 8.28. The number of hydrogen-bond donors (Lipinski definition) is 2.